The topological polar surface area (TPSA) is 58.6 Å². The minimum Gasteiger partial charge on any atom is -0.373 e. The third kappa shape index (κ3) is 3.40. The van der Waals surface area contributed by atoms with Gasteiger partial charge in [0.05, 0.1) is 5.92 Å². The number of carbonyl (C=O) groups excluding carboxylic acids is 1. The molecule has 2 aromatic carbocycles. The smallest absolute Gasteiger partial charge is 0.254 e. The van der Waals surface area contributed by atoms with Crippen LogP contribution in [0.2, 0.25) is 0 Å². The molecule has 0 radical (unpaired) electrons. The quantitative estimate of drug-likeness (QED) is 0.647. The van der Waals surface area contributed by atoms with Gasteiger partial charge in [0.15, 0.2) is 0 Å². The van der Waals surface area contributed by atoms with Crippen LogP contribution in [0.5, 0.6) is 0 Å². The molecule has 0 spiro atoms. The van der Waals surface area contributed by atoms with Crippen LogP contribution >= 0.6 is 0 Å². The predicted molar refractivity (Wildman–Crippen MR) is 97.0 cm³/mol. The maximum absolute atomic E-state index is 12.4. The van der Waals surface area contributed by atoms with Crippen LogP contribution in [0, 0.1) is 0 Å². The first-order chi connectivity index (χ1) is 12.2. The second-order valence-electron chi connectivity index (χ2n) is 6.04. The molecule has 2 aromatic rings. The van der Waals surface area contributed by atoms with Gasteiger partial charge in [-0.2, -0.15) is 0 Å². The van der Waals surface area contributed by atoms with Crippen LogP contribution in [-0.2, 0) is 9.53 Å². The SMILES string of the molecule is COC1(C(C(=O)NO)c2ccccc2)C=CC(c2ccccc2)=CC1. The molecule has 0 saturated carbocycles. The molecule has 0 aliphatic heterocycles. The van der Waals surface area contributed by atoms with Crippen LogP contribution in [0.4, 0.5) is 0 Å². The van der Waals surface area contributed by atoms with Crippen molar-refractivity contribution in [3.05, 3.63) is 90.0 Å². The summed E-state index contributed by atoms with van der Waals surface area (Å²) in [4.78, 5) is 12.4. The molecular weight excluding hydrogens is 314 g/mol. The van der Waals surface area contributed by atoms with Crippen molar-refractivity contribution in [3.8, 4) is 0 Å². The van der Waals surface area contributed by atoms with Gasteiger partial charge in [-0.25, -0.2) is 5.48 Å². The summed E-state index contributed by atoms with van der Waals surface area (Å²) >= 11 is 0. The Morgan fingerprint density at radius 3 is 2.28 bits per heavy atom. The van der Waals surface area contributed by atoms with Gasteiger partial charge in [-0.1, -0.05) is 78.9 Å². The molecule has 2 unspecified atom stereocenters. The van der Waals surface area contributed by atoms with E-state index in [1.165, 1.54) is 0 Å². The first-order valence-electron chi connectivity index (χ1n) is 8.19. The fraction of sp³-hybridized carbons (Fsp3) is 0.190. The first kappa shape index (κ1) is 17.1. The third-order valence-electron chi connectivity index (χ3n) is 4.67. The average Bonchev–Trinajstić information content (AvgIpc) is 2.70. The highest BCUT2D eigenvalue weighted by Crippen LogP contribution is 2.40. The standard InChI is InChI=1S/C21H21NO3/c1-25-21(19(20(23)22-24)18-10-6-3-7-11-18)14-12-17(13-15-21)16-8-4-2-5-9-16/h2-14,19,24H,15H2,1H3,(H,22,23). The normalized spacial score (nSPS) is 20.6. The van der Waals surface area contributed by atoms with Crippen LogP contribution in [0.3, 0.4) is 0 Å². The van der Waals surface area contributed by atoms with Gasteiger partial charge < -0.3 is 4.74 Å². The lowest BCUT2D eigenvalue weighted by atomic mass is 9.75. The van der Waals surface area contributed by atoms with Crippen molar-refractivity contribution in [2.75, 3.05) is 7.11 Å². The maximum atomic E-state index is 12.4. The molecule has 0 aromatic heterocycles. The van der Waals surface area contributed by atoms with Gasteiger partial charge in [-0.15, -0.1) is 0 Å². The fourth-order valence-corrected chi connectivity index (χ4v) is 3.33. The van der Waals surface area contributed by atoms with E-state index in [-0.39, 0.29) is 0 Å². The van der Waals surface area contributed by atoms with Gasteiger partial charge in [0.1, 0.15) is 5.60 Å². The van der Waals surface area contributed by atoms with Crippen molar-refractivity contribution in [1.29, 1.82) is 0 Å². The van der Waals surface area contributed by atoms with Gasteiger partial charge >= 0.3 is 0 Å². The Bertz CT molecular complexity index is 783. The number of methoxy groups -OCH3 is 1. The highest BCUT2D eigenvalue weighted by molar-refractivity contribution is 5.86. The van der Waals surface area contributed by atoms with Crippen molar-refractivity contribution in [1.82, 2.24) is 5.48 Å². The molecule has 4 heteroatoms. The van der Waals surface area contributed by atoms with Crippen LogP contribution in [0.15, 0.2) is 78.9 Å². The van der Waals surface area contributed by atoms with E-state index >= 15 is 0 Å². The highest BCUT2D eigenvalue weighted by Gasteiger charge is 2.43. The molecule has 1 aliphatic carbocycles. The lowest BCUT2D eigenvalue weighted by molar-refractivity contribution is -0.136. The molecular formula is C21H21NO3. The Morgan fingerprint density at radius 1 is 1.12 bits per heavy atom. The summed E-state index contributed by atoms with van der Waals surface area (Å²) in [6, 6.07) is 19.4. The Labute approximate surface area is 147 Å². The van der Waals surface area contributed by atoms with E-state index in [2.05, 4.69) is 6.08 Å². The number of allylic oxidation sites excluding steroid dienone is 2. The maximum Gasteiger partial charge on any atom is 0.254 e. The molecule has 0 saturated heterocycles. The summed E-state index contributed by atoms with van der Waals surface area (Å²) in [5.41, 5.74) is 3.93. The minimum absolute atomic E-state index is 0.491. The molecule has 0 fully saturated rings. The Morgan fingerprint density at radius 2 is 1.76 bits per heavy atom. The fourth-order valence-electron chi connectivity index (χ4n) is 3.33. The van der Waals surface area contributed by atoms with Crippen molar-refractivity contribution < 1.29 is 14.7 Å². The number of hydroxylamine groups is 1. The zero-order valence-corrected chi connectivity index (χ0v) is 14.1. The third-order valence-corrected chi connectivity index (χ3v) is 4.67. The highest BCUT2D eigenvalue weighted by atomic mass is 16.5. The number of hydrogen-bond acceptors (Lipinski definition) is 3. The molecule has 0 heterocycles. The lowest BCUT2D eigenvalue weighted by Crippen LogP contribution is -2.45. The largest absolute Gasteiger partial charge is 0.373 e. The van der Waals surface area contributed by atoms with Gasteiger partial charge in [-0.05, 0) is 16.7 Å². The van der Waals surface area contributed by atoms with E-state index in [1.54, 1.807) is 12.6 Å². The number of nitrogens with one attached hydrogen (secondary N) is 1. The van der Waals surface area contributed by atoms with E-state index in [1.807, 2.05) is 72.8 Å². The number of hydrogen-bond donors (Lipinski definition) is 2. The summed E-state index contributed by atoms with van der Waals surface area (Å²) in [6.07, 6.45) is 6.49. The Kier molecular flexibility index (Phi) is 5.12. The second kappa shape index (κ2) is 7.47. The summed E-state index contributed by atoms with van der Waals surface area (Å²) in [5, 5.41) is 9.24. The molecule has 2 atom stereocenters. The number of benzene rings is 2. The van der Waals surface area contributed by atoms with Crippen LogP contribution in [0.1, 0.15) is 23.5 Å². The summed E-state index contributed by atoms with van der Waals surface area (Å²) in [5.74, 6) is -1.15. The van der Waals surface area contributed by atoms with Crippen LogP contribution in [0.25, 0.3) is 5.57 Å². The van der Waals surface area contributed by atoms with Crippen LogP contribution in [-0.4, -0.2) is 23.8 Å². The zero-order valence-electron chi connectivity index (χ0n) is 14.1. The summed E-state index contributed by atoms with van der Waals surface area (Å²) < 4.78 is 5.80. The number of rotatable bonds is 5. The molecule has 4 nitrogen and oxygen atoms in total. The average molecular weight is 335 g/mol. The molecule has 25 heavy (non-hydrogen) atoms. The van der Waals surface area contributed by atoms with Crippen LogP contribution < -0.4 is 5.48 Å². The van der Waals surface area contributed by atoms with Crippen molar-refractivity contribution in [2.24, 2.45) is 0 Å². The number of ether oxygens (including phenoxy) is 1. The monoisotopic (exact) mass is 335 g/mol. The second-order valence-corrected chi connectivity index (χ2v) is 6.04. The predicted octanol–water partition coefficient (Wildman–Crippen LogP) is 3.70. The number of carbonyl (C=O) groups is 1. The van der Waals surface area contributed by atoms with Crippen molar-refractivity contribution in [3.63, 3.8) is 0 Å². The van der Waals surface area contributed by atoms with E-state index in [9.17, 15) is 10.0 Å². The molecule has 0 bridgehead atoms. The van der Waals surface area contributed by atoms with E-state index in [0.29, 0.717) is 6.42 Å². The van der Waals surface area contributed by atoms with Gasteiger partial charge in [0.2, 0.25) is 0 Å². The number of amides is 1. The molecule has 128 valence electrons. The molecule has 3 rings (SSSR count). The summed E-state index contributed by atoms with van der Waals surface area (Å²) in [6.45, 7) is 0. The van der Waals surface area contributed by atoms with Gasteiger partial charge in [0.25, 0.3) is 5.91 Å². The van der Waals surface area contributed by atoms with Gasteiger partial charge in [0, 0.05) is 13.5 Å². The summed E-state index contributed by atoms with van der Waals surface area (Å²) in [7, 11) is 1.59. The molecule has 2 N–H and O–H groups in total. The first-order valence-corrected chi connectivity index (χ1v) is 8.19. The minimum atomic E-state index is -0.855. The van der Waals surface area contributed by atoms with Crippen molar-refractivity contribution in [2.45, 2.75) is 17.9 Å². The van der Waals surface area contributed by atoms with Crippen molar-refractivity contribution >= 4 is 11.5 Å². The van der Waals surface area contributed by atoms with E-state index in [0.717, 1.165) is 16.7 Å². The molecule has 1 amide bonds. The van der Waals surface area contributed by atoms with E-state index < -0.39 is 17.4 Å². The zero-order chi connectivity index (χ0) is 17.7. The van der Waals surface area contributed by atoms with E-state index in [4.69, 9.17) is 4.74 Å². The Balaban J connectivity index is 1.96. The molecule has 1 aliphatic rings. The Hall–Kier alpha value is -2.69. The van der Waals surface area contributed by atoms with Gasteiger partial charge in [-0.3, -0.25) is 10.0 Å². The lowest BCUT2D eigenvalue weighted by Gasteiger charge is -2.37.